The summed E-state index contributed by atoms with van der Waals surface area (Å²) in [7, 11) is 3.78. The van der Waals surface area contributed by atoms with Gasteiger partial charge in [0.2, 0.25) is 0 Å². The van der Waals surface area contributed by atoms with Gasteiger partial charge in [-0.25, -0.2) is 0 Å². The number of nitrogens with zero attached hydrogens (tertiary/aromatic N) is 3. The molecule has 1 aliphatic rings. The van der Waals surface area contributed by atoms with Crippen molar-refractivity contribution in [3.8, 4) is 0 Å². The van der Waals surface area contributed by atoms with Crippen LogP contribution in [-0.2, 0) is 24.8 Å². The van der Waals surface area contributed by atoms with Crippen molar-refractivity contribution >= 4 is 5.96 Å². The topological polar surface area (TPSA) is 63.5 Å². The van der Waals surface area contributed by atoms with E-state index in [9.17, 15) is 0 Å². The normalized spacial score (nSPS) is 16.7. The van der Waals surface area contributed by atoms with Crippen molar-refractivity contribution in [2.45, 2.75) is 52.2 Å². The molecule has 1 heterocycles. The lowest BCUT2D eigenvalue weighted by atomic mass is 9.89. The molecule has 0 radical (unpaired) electrons. The Labute approximate surface area is 168 Å². The first-order chi connectivity index (χ1) is 13.6. The highest BCUT2D eigenvalue weighted by atomic mass is 16.5. The second kappa shape index (κ2) is 9.73. The van der Waals surface area contributed by atoms with E-state index in [0.717, 1.165) is 44.2 Å². The third-order valence-corrected chi connectivity index (χ3v) is 5.56. The van der Waals surface area contributed by atoms with E-state index in [1.807, 2.05) is 18.7 Å². The predicted molar refractivity (Wildman–Crippen MR) is 114 cm³/mol. The molecular formula is C22H33N5O. The van der Waals surface area contributed by atoms with Crippen LogP contribution in [0.2, 0.25) is 0 Å². The molecule has 6 heteroatoms. The summed E-state index contributed by atoms with van der Waals surface area (Å²) >= 11 is 0. The monoisotopic (exact) mass is 383 g/mol. The van der Waals surface area contributed by atoms with Crippen molar-refractivity contribution in [3.63, 3.8) is 0 Å². The second-order valence-corrected chi connectivity index (χ2v) is 7.43. The average molecular weight is 384 g/mol. The number of guanidine groups is 1. The maximum Gasteiger partial charge on any atom is 0.191 e. The molecule has 6 nitrogen and oxygen atoms in total. The van der Waals surface area contributed by atoms with Crippen LogP contribution in [0.4, 0.5) is 0 Å². The van der Waals surface area contributed by atoms with Crippen LogP contribution in [0.1, 0.15) is 53.4 Å². The number of aliphatic imine (C=N–C) groups is 1. The second-order valence-electron chi connectivity index (χ2n) is 7.43. The van der Waals surface area contributed by atoms with Crippen LogP contribution < -0.4 is 10.6 Å². The van der Waals surface area contributed by atoms with Gasteiger partial charge in [0.1, 0.15) is 0 Å². The Bertz CT molecular complexity index is 811. The molecule has 0 saturated carbocycles. The van der Waals surface area contributed by atoms with Crippen LogP contribution in [0.3, 0.4) is 0 Å². The maximum absolute atomic E-state index is 6.18. The van der Waals surface area contributed by atoms with Gasteiger partial charge in [-0.1, -0.05) is 24.3 Å². The van der Waals surface area contributed by atoms with Crippen LogP contribution in [0.25, 0.3) is 0 Å². The minimum absolute atomic E-state index is 0.249. The van der Waals surface area contributed by atoms with E-state index in [0.29, 0.717) is 0 Å². The molecule has 1 unspecified atom stereocenters. The standard InChI is InChI=1S/C22H33N5O/c1-16-20(17(2)27(4)26-16)15-25-22(23-3)24-13-8-14-28-21-12-7-10-18-9-5-6-11-19(18)21/h5-6,9,11,21H,7-8,10,12-15H2,1-4H3,(H2,23,24,25). The van der Waals surface area contributed by atoms with E-state index in [4.69, 9.17) is 4.74 Å². The number of hydrogen-bond donors (Lipinski definition) is 2. The Balaban J connectivity index is 1.39. The van der Waals surface area contributed by atoms with Gasteiger partial charge in [0, 0.05) is 45.0 Å². The largest absolute Gasteiger partial charge is 0.373 e. The van der Waals surface area contributed by atoms with Gasteiger partial charge in [-0.15, -0.1) is 0 Å². The molecule has 0 saturated heterocycles. The molecule has 0 aliphatic heterocycles. The molecule has 2 N–H and O–H groups in total. The number of rotatable bonds is 7. The SMILES string of the molecule is CN=C(NCCCOC1CCCc2ccccc21)NCc1c(C)nn(C)c1C. The maximum atomic E-state index is 6.18. The first-order valence-corrected chi connectivity index (χ1v) is 10.2. The Morgan fingerprint density at radius 1 is 1.29 bits per heavy atom. The third kappa shape index (κ3) is 4.93. The van der Waals surface area contributed by atoms with Crippen molar-refractivity contribution in [2.24, 2.45) is 12.0 Å². The van der Waals surface area contributed by atoms with Crippen LogP contribution in [0.5, 0.6) is 0 Å². The lowest BCUT2D eigenvalue weighted by molar-refractivity contribution is 0.0398. The molecule has 1 aliphatic carbocycles. The minimum atomic E-state index is 0.249. The molecule has 0 fully saturated rings. The molecule has 3 rings (SSSR count). The summed E-state index contributed by atoms with van der Waals surface area (Å²) < 4.78 is 8.10. The van der Waals surface area contributed by atoms with Gasteiger partial charge in [-0.3, -0.25) is 9.67 Å². The lowest BCUT2D eigenvalue weighted by Gasteiger charge is -2.25. The van der Waals surface area contributed by atoms with Gasteiger partial charge < -0.3 is 15.4 Å². The van der Waals surface area contributed by atoms with Crippen LogP contribution >= 0.6 is 0 Å². The van der Waals surface area contributed by atoms with Gasteiger partial charge in [0.25, 0.3) is 0 Å². The van der Waals surface area contributed by atoms with Gasteiger partial charge in [0.15, 0.2) is 5.96 Å². The quantitative estimate of drug-likeness (QED) is 0.438. The minimum Gasteiger partial charge on any atom is -0.373 e. The van der Waals surface area contributed by atoms with Crippen molar-refractivity contribution < 1.29 is 4.74 Å². The van der Waals surface area contributed by atoms with Crippen LogP contribution in [-0.4, -0.2) is 35.9 Å². The van der Waals surface area contributed by atoms with Gasteiger partial charge in [0.05, 0.1) is 11.8 Å². The predicted octanol–water partition coefficient (Wildman–Crippen LogP) is 3.19. The van der Waals surface area contributed by atoms with E-state index < -0.39 is 0 Å². The van der Waals surface area contributed by atoms with Crippen molar-refractivity contribution in [3.05, 3.63) is 52.3 Å². The molecule has 28 heavy (non-hydrogen) atoms. The summed E-state index contributed by atoms with van der Waals surface area (Å²) in [5, 5.41) is 11.2. The molecule has 0 bridgehead atoms. The van der Waals surface area contributed by atoms with E-state index in [1.165, 1.54) is 35.2 Å². The van der Waals surface area contributed by atoms with Crippen molar-refractivity contribution in [1.82, 2.24) is 20.4 Å². The number of ether oxygens (including phenoxy) is 1. The fourth-order valence-electron chi connectivity index (χ4n) is 3.85. The number of hydrogen-bond acceptors (Lipinski definition) is 3. The molecule has 0 spiro atoms. The number of aryl methyl sites for hydroxylation is 3. The Morgan fingerprint density at radius 2 is 2.11 bits per heavy atom. The van der Waals surface area contributed by atoms with Gasteiger partial charge in [-0.2, -0.15) is 5.10 Å². The molecular weight excluding hydrogens is 350 g/mol. The zero-order valence-corrected chi connectivity index (χ0v) is 17.6. The highest BCUT2D eigenvalue weighted by molar-refractivity contribution is 5.79. The third-order valence-electron chi connectivity index (χ3n) is 5.56. The molecule has 1 aromatic heterocycles. The first kappa shape index (κ1) is 20.4. The van der Waals surface area contributed by atoms with Crippen molar-refractivity contribution in [2.75, 3.05) is 20.2 Å². The number of aromatic nitrogens is 2. The summed E-state index contributed by atoms with van der Waals surface area (Å²) in [6.45, 7) is 6.44. The number of fused-ring (bicyclic) bond motifs is 1. The first-order valence-electron chi connectivity index (χ1n) is 10.2. The molecule has 0 amide bonds. The number of benzene rings is 1. The van der Waals surface area contributed by atoms with Crippen LogP contribution in [0.15, 0.2) is 29.3 Å². The zero-order chi connectivity index (χ0) is 19.9. The summed E-state index contributed by atoms with van der Waals surface area (Å²) in [6, 6.07) is 8.68. The Kier molecular flexibility index (Phi) is 7.09. The van der Waals surface area contributed by atoms with E-state index in [2.05, 4.69) is 51.9 Å². The molecule has 152 valence electrons. The fourth-order valence-corrected chi connectivity index (χ4v) is 3.85. The fraction of sp³-hybridized carbons (Fsp3) is 0.545. The van der Waals surface area contributed by atoms with Gasteiger partial charge in [-0.05, 0) is 50.7 Å². The average Bonchev–Trinajstić information content (AvgIpc) is 2.95. The molecule has 2 aromatic rings. The Hall–Kier alpha value is -2.34. The highest BCUT2D eigenvalue weighted by Crippen LogP contribution is 2.32. The smallest absolute Gasteiger partial charge is 0.191 e. The number of nitrogens with one attached hydrogen (secondary N) is 2. The molecule has 1 aromatic carbocycles. The summed E-state index contributed by atoms with van der Waals surface area (Å²) in [6.07, 6.45) is 4.71. The highest BCUT2D eigenvalue weighted by Gasteiger charge is 2.19. The summed E-state index contributed by atoms with van der Waals surface area (Å²) in [4.78, 5) is 4.31. The summed E-state index contributed by atoms with van der Waals surface area (Å²) in [5.41, 5.74) is 6.29. The summed E-state index contributed by atoms with van der Waals surface area (Å²) in [5.74, 6) is 0.811. The van der Waals surface area contributed by atoms with Gasteiger partial charge >= 0.3 is 0 Å². The lowest BCUT2D eigenvalue weighted by Crippen LogP contribution is -2.37. The molecule has 1 atom stereocenters. The van der Waals surface area contributed by atoms with Crippen molar-refractivity contribution in [1.29, 1.82) is 0 Å². The van der Waals surface area contributed by atoms with E-state index in [-0.39, 0.29) is 6.10 Å². The van der Waals surface area contributed by atoms with E-state index >= 15 is 0 Å². The van der Waals surface area contributed by atoms with Crippen LogP contribution in [0, 0.1) is 13.8 Å². The zero-order valence-electron chi connectivity index (χ0n) is 17.6. The van der Waals surface area contributed by atoms with E-state index in [1.54, 1.807) is 7.05 Å². The Morgan fingerprint density at radius 3 is 2.86 bits per heavy atom.